The van der Waals surface area contributed by atoms with E-state index in [1.165, 1.54) is 0 Å². The van der Waals surface area contributed by atoms with Gasteiger partial charge in [0.25, 0.3) is 0 Å². The number of hydrogen-bond acceptors (Lipinski definition) is 2. The Labute approximate surface area is 97.2 Å². The zero-order valence-electron chi connectivity index (χ0n) is 9.92. The van der Waals surface area contributed by atoms with Gasteiger partial charge < -0.3 is 4.74 Å². The summed E-state index contributed by atoms with van der Waals surface area (Å²) in [5.41, 5.74) is 2.73. The normalized spacial score (nSPS) is 9.56. The van der Waals surface area contributed by atoms with Crippen LogP contribution in [-0.2, 0) is 0 Å². The van der Waals surface area contributed by atoms with Crippen molar-refractivity contribution >= 4 is 0 Å². The third-order valence-electron chi connectivity index (χ3n) is 2.39. The Morgan fingerprint density at radius 3 is 2.50 bits per heavy atom. The summed E-state index contributed by atoms with van der Waals surface area (Å²) in [7, 11) is 0. The first-order chi connectivity index (χ1) is 7.69. The van der Waals surface area contributed by atoms with E-state index in [0.29, 0.717) is 12.2 Å². The SMILES string of the molecule is C=CCCCOc1c(C)cc(C#N)cc1C. The summed E-state index contributed by atoms with van der Waals surface area (Å²) in [6.07, 6.45) is 3.83. The van der Waals surface area contributed by atoms with E-state index < -0.39 is 0 Å². The molecule has 1 rings (SSSR count). The molecule has 0 amide bonds. The number of aryl methyl sites for hydroxylation is 2. The summed E-state index contributed by atoms with van der Waals surface area (Å²) in [6, 6.07) is 5.86. The molecule has 0 fully saturated rings. The molecule has 84 valence electrons. The van der Waals surface area contributed by atoms with Crippen LogP contribution in [0.2, 0.25) is 0 Å². The summed E-state index contributed by atoms with van der Waals surface area (Å²) in [4.78, 5) is 0. The van der Waals surface area contributed by atoms with E-state index in [2.05, 4.69) is 12.6 Å². The second kappa shape index (κ2) is 5.97. The van der Waals surface area contributed by atoms with E-state index in [4.69, 9.17) is 10.00 Å². The van der Waals surface area contributed by atoms with Gasteiger partial charge in [0.1, 0.15) is 5.75 Å². The van der Waals surface area contributed by atoms with Crippen molar-refractivity contribution in [3.05, 3.63) is 41.5 Å². The van der Waals surface area contributed by atoms with Crippen LogP contribution < -0.4 is 4.74 Å². The van der Waals surface area contributed by atoms with Gasteiger partial charge in [0, 0.05) is 0 Å². The van der Waals surface area contributed by atoms with E-state index >= 15 is 0 Å². The largest absolute Gasteiger partial charge is 0.493 e. The summed E-state index contributed by atoms with van der Waals surface area (Å²) >= 11 is 0. The zero-order chi connectivity index (χ0) is 12.0. The summed E-state index contributed by atoms with van der Waals surface area (Å²) in [5.74, 6) is 0.906. The average Bonchev–Trinajstić information content (AvgIpc) is 2.26. The van der Waals surface area contributed by atoms with Gasteiger partial charge in [0.05, 0.1) is 18.2 Å². The lowest BCUT2D eigenvalue weighted by atomic mass is 10.1. The van der Waals surface area contributed by atoms with Gasteiger partial charge in [-0.3, -0.25) is 0 Å². The van der Waals surface area contributed by atoms with E-state index in [0.717, 1.165) is 29.7 Å². The molecule has 0 spiro atoms. The molecule has 0 aliphatic heterocycles. The quantitative estimate of drug-likeness (QED) is 0.556. The minimum atomic E-state index is 0.688. The van der Waals surface area contributed by atoms with Crippen molar-refractivity contribution in [2.24, 2.45) is 0 Å². The van der Waals surface area contributed by atoms with Gasteiger partial charge in [-0.15, -0.1) is 6.58 Å². The fourth-order valence-corrected chi connectivity index (χ4v) is 1.64. The Balaban J connectivity index is 2.73. The number of unbranched alkanes of at least 4 members (excludes halogenated alkanes) is 1. The summed E-state index contributed by atoms with van der Waals surface area (Å²) in [6.45, 7) is 8.30. The molecule has 0 bridgehead atoms. The number of allylic oxidation sites excluding steroid dienone is 1. The highest BCUT2D eigenvalue weighted by Crippen LogP contribution is 2.24. The molecule has 2 nitrogen and oxygen atoms in total. The Bertz CT molecular complexity index is 392. The van der Waals surface area contributed by atoms with Crippen molar-refractivity contribution < 1.29 is 4.74 Å². The van der Waals surface area contributed by atoms with Crippen LogP contribution in [0.5, 0.6) is 5.75 Å². The van der Waals surface area contributed by atoms with Gasteiger partial charge in [-0.25, -0.2) is 0 Å². The first kappa shape index (κ1) is 12.3. The molecule has 0 aromatic heterocycles. The van der Waals surface area contributed by atoms with Crippen LogP contribution >= 0.6 is 0 Å². The van der Waals surface area contributed by atoms with Crippen molar-refractivity contribution in [3.63, 3.8) is 0 Å². The Morgan fingerprint density at radius 2 is 2.00 bits per heavy atom. The fourth-order valence-electron chi connectivity index (χ4n) is 1.64. The van der Waals surface area contributed by atoms with Crippen molar-refractivity contribution in [3.8, 4) is 11.8 Å². The molecule has 2 heteroatoms. The van der Waals surface area contributed by atoms with Gasteiger partial charge in [-0.05, 0) is 49.9 Å². The number of benzene rings is 1. The monoisotopic (exact) mass is 215 g/mol. The van der Waals surface area contributed by atoms with Gasteiger partial charge >= 0.3 is 0 Å². The molecule has 0 aliphatic carbocycles. The molecular formula is C14H17NO. The Kier molecular flexibility index (Phi) is 4.60. The summed E-state index contributed by atoms with van der Waals surface area (Å²) in [5, 5.41) is 8.82. The minimum Gasteiger partial charge on any atom is -0.493 e. The second-order valence-corrected chi connectivity index (χ2v) is 3.83. The highest BCUT2D eigenvalue weighted by molar-refractivity contribution is 5.47. The van der Waals surface area contributed by atoms with Gasteiger partial charge in [-0.1, -0.05) is 6.08 Å². The maximum atomic E-state index is 8.82. The maximum Gasteiger partial charge on any atom is 0.125 e. The maximum absolute atomic E-state index is 8.82. The Hall–Kier alpha value is -1.75. The third kappa shape index (κ3) is 3.13. The average molecular weight is 215 g/mol. The standard InChI is InChI=1S/C14H17NO/c1-4-5-6-7-16-14-11(2)8-13(10-15)9-12(14)3/h4,8-9H,1,5-7H2,2-3H3. The van der Waals surface area contributed by atoms with E-state index in [1.807, 2.05) is 32.1 Å². The van der Waals surface area contributed by atoms with Crippen LogP contribution in [0.1, 0.15) is 29.5 Å². The minimum absolute atomic E-state index is 0.688. The van der Waals surface area contributed by atoms with Crippen LogP contribution in [0.4, 0.5) is 0 Å². The molecule has 0 unspecified atom stereocenters. The number of nitriles is 1. The molecular weight excluding hydrogens is 198 g/mol. The predicted octanol–water partition coefficient (Wildman–Crippen LogP) is 3.52. The lowest BCUT2D eigenvalue weighted by Gasteiger charge is -2.12. The van der Waals surface area contributed by atoms with Crippen molar-refractivity contribution in [2.45, 2.75) is 26.7 Å². The van der Waals surface area contributed by atoms with E-state index in [9.17, 15) is 0 Å². The lowest BCUT2D eigenvalue weighted by Crippen LogP contribution is -2.00. The summed E-state index contributed by atoms with van der Waals surface area (Å²) < 4.78 is 5.71. The van der Waals surface area contributed by atoms with Gasteiger partial charge in [-0.2, -0.15) is 5.26 Å². The van der Waals surface area contributed by atoms with Crippen molar-refractivity contribution in [2.75, 3.05) is 6.61 Å². The lowest BCUT2D eigenvalue weighted by molar-refractivity contribution is 0.308. The van der Waals surface area contributed by atoms with E-state index in [-0.39, 0.29) is 0 Å². The molecule has 1 aromatic rings. The smallest absolute Gasteiger partial charge is 0.125 e. The molecule has 0 aliphatic rings. The third-order valence-corrected chi connectivity index (χ3v) is 2.39. The van der Waals surface area contributed by atoms with Crippen LogP contribution in [-0.4, -0.2) is 6.61 Å². The van der Waals surface area contributed by atoms with Crippen LogP contribution in [0.25, 0.3) is 0 Å². The van der Waals surface area contributed by atoms with E-state index in [1.54, 1.807) is 0 Å². The highest BCUT2D eigenvalue weighted by atomic mass is 16.5. The Morgan fingerprint density at radius 1 is 1.38 bits per heavy atom. The zero-order valence-corrected chi connectivity index (χ0v) is 9.92. The molecule has 0 N–H and O–H groups in total. The van der Waals surface area contributed by atoms with Crippen LogP contribution in [0.3, 0.4) is 0 Å². The molecule has 0 saturated heterocycles. The molecule has 0 saturated carbocycles. The first-order valence-corrected chi connectivity index (χ1v) is 5.44. The second-order valence-electron chi connectivity index (χ2n) is 3.83. The number of nitrogens with zero attached hydrogens (tertiary/aromatic N) is 1. The predicted molar refractivity (Wildman–Crippen MR) is 65.6 cm³/mol. The molecule has 1 aromatic carbocycles. The molecule has 0 atom stereocenters. The topological polar surface area (TPSA) is 33.0 Å². The van der Waals surface area contributed by atoms with Crippen molar-refractivity contribution in [1.82, 2.24) is 0 Å². The van der Waals surface area contributed by atoms with Crippen molar-refractivity contribution in [1.29, 1.82) is 5.26 Å². The van der Waals surface area contributed by atoms with Crippen LogP contribution in [0.15, 0.2) is 24.8 Å². The molecule has 16 heavy (non-hydrogen) atoms. The van der Waals surface area contributed by atoms with Gasteiger partial charge in [0.2, 0.25) is 0 Å². The van der Waals surface area contributed by atoms with Gasteiger partial charge in [0.15, 0.2) is 0 Å². The first-order valence-electron chi connectivity index (χ1n) is 5.44. The number of ether oxygens (including phenoxy) is 1. The highest BCUT2D eigenvalue weighted by Gasteiger charge is 2.05. The fraction of sp³-hybridized carbons (Fsp3) is 0.357. The number of hydrogen-bond donors (Lipinski definition) is 0. The molecule has 0 radical (unpaired) electrons. The molecule has 0 heterocycles. The number of rotatable bonds is 5. The van der Waals surface area contributed by atoms with Crippen LogP contribution in [0, 0.1) is 25.2 Å².